The summed E-state index contributed by atoms with van der Waals surface area (Å²) in [5.41, 5.74) is 6.81. The van der Waals surface area contributed by atoms with Crippen molar-refractivity contribution < 1.29 is 0 Å². The highest BCUT2D eigenvalue weighted by Crippen LogP contribution is 2.42. The summed E-state index contributed by atoms with van der Waals surface area (Å²) in [6.07, 6.45) is 1.42. The Morgan fingerprint density at radius 1 is 1.53 bits per heavy atom. The lowest BCUT2D eigenvalue weighted by Gasteiger charge is -2.43. The number of nitrogens with zero attached hydrogens (tertiary/aromatic N) is 1. The van der Waals surface area contributed by atoms with Gasteiger partial charge in [-0.2, -0.15) is 5.26 Å². The Morgan fingerprint density at radius 2 is 2.20 bits per heavy atom. The highest BCUT2D eigenvalue weighted by molar-refractivity contribution is 6.30. The molecule has 0 atom stereocenters. The van der Waals surface area contributed by atoms with E-state index in [4.69, 9.17) is 30.4 Å². The molecule has 1 aliphatic rings. The van der Waals surface area contributed by atoms with Crippen molar-refractivity contribution in [1.29, 1.82) is 5.26 Å². The SMILES string of the molecule is [B]C1(N)CC(c2cc(Cl)ccc2C#N)C1. The van der Waals surface area contributed by atoms with Crippen LogP contribution in [0.5, 0.6) is 0 Å². The van der Waals surface area contributed by atoms with Crippen LogP contribution >= 0.6 is 11.6 Å². The van der Waals surface area contributed by atoms with E-state index in [-0.39, 0.29) is 5.92 Å². The summed E-state index contributed by atoms with van der Waals surface area (Å²) >= 11 is 5.90. The van der Waals surface area contributed by atoms with Crippen LogP contribution in [0.2, 0.25) is 5.02 Å². The van der Waals surface area contributed by atoms with Gasteiger partial charge >= 0.3 is 0 Å². The van der Waals surface area contributed by atoms with Crippen molar-refractivity contribution in [3.05, 3.63) is 34.3 Å². The molecule has 2 nitrogen and oxygen atoms in total. The molecule has 1 aromatic carbocycles. The standard InChI is InChI=1S/C11H10BClN2/c12-11(15)4-8(5-11)10-3-9(13)2-1-7(10)6-14/h1-3,8H,4-5,15H2. The lowest BCUT2D eigenvalue weighted by Crippen LogP contribution is -2.51. The zero-order valence-corrected chi connectivity index (χ0v) is 8.96. The number of hydrogen-bond acceptors (Lipinski definition) is 2. The van der Waals surface area contributed by atoms with Gasteiger partial charge in [-0.15, -0.1) is 0 Å². The summed E-state index contributed by atoms with van der Waals surface area (Å²) in [6.45, 7) is 0. The van der Waals surface area contributed by atoms with E-state index in [1.807, 2.05) is 6.07 Å². The summed E-state index contributed by atoms with van der Waals surface area (Å²) in [7, 11) is 5.74. The predicted molar refractivity (Wildman–Crippen MR) is 60.8 cm³/mol. The molecule has 0 saturated heterocycles. The summed E-state index contributed by atoms with van der Waals surface area (Å²) in [5, 5.41) is 9.60. The molecule has 1 aromatic rings. The van der Waals surface area contributed by atoms with E-state index in [1.165, 1.54) is 0 Å². The molecule has 1 aliphatic carbocycles. The van der Waals surface area contributed by atoms with Gasteiger partial charge in [-0.25, -0.2) is 0 Å². The molecule has 0 amide bonds. The number of hydrogen-bond donors (Lipinski definition) is 1. The van der Waals surface area contributed by atoms with Gasteiger partial charge in [0.25, 0.3) is 0 Å². The molecule has 15 heavy (non-hydrogen) atoms. The van der Waals surface area contributed by atoms with Crippen LogP contribution in [0.3, 0.4) is 0 Å². The highest BCUT2D eigenvalue weighted by atomic mass is 35.5. The molecule has 0 spiro atoms. The summed E-state index contributed by atoms with van der Waals surface area (Å²) < 4.78 is 0. The molecule has 74 valence electrons. The lowest BCUT2D eigenvalue weighted by atomic mass is 9.56. The second-order valence-electron chi connectivity index (χ2n) is 4.18. The molecule has 0 aromatic heterocycles. The van der Waals surface area contributed by atoms with Crippen molar-refractivity contribution in [2.45, 2.75) is 24.2 Å². The third kappa shape index (κ3) is 2.02. The minimum Gasteiger partial charge on any atom is -0.333 e. The molecule has 1 fully saturated rings. The quantitative estimate of drug-likeness (QED) is 0.729. The number of nitriles is 1. The molecule has 0 aliphatic heterocycles. The molecule has 0 heterocycles. The van der Waals surface area contributed by atoms with Crippen LogP contribution < -0.4 is 5.73 Å². The van der Waals surface area contributed by atoms with Crippen LogP contribution in [0.15, 0.2) is 18.2 Å². The molecule has 4 heteroatoms. The van der Waals surface area contributed by atoms with Gasteiger partial charge in [0.15, 0.2) is 0 Å². The topological polar surface area (TPSA) is 49.8 Å². The minimum atomic E-state index is -0.570. The number of halogens is 1. The van der Waals surface area contributed by atoms with Crippen LogP contribution in [-0.2, 0) is 0 Å². The maximum Gasteiger partial charge on any atom is 0.0994 e. The Bertz CT molecular complexity index is 429. The monoisotopic (exact) mass is 216 g/mol. The van der Waals surface area contributed by atoms with E-state index in [0.29, 0.717) is 23.4 Å². The van der Waals surface area contributed by atoms with E-state index in [9.17, 15) is 0 Å². The van der Waals surface area contributed by atoms with Gasteiger partial charge in [-0.1, -0.05) is 11.6 Å². The third-order valence-electron chi connectivity index (χ3n) is 2.83. The third-order valence-corrected chi connectivity index (χ3v) is 3.06. The first-order valence-corrected chi connectivity index (χ1v) is 5.17. The molecular weight excluding hydrogens is 206 g/mol. The fourth-order valence-electron chi connectivity index (χ4n) is 2.05. The fraction of sp³-hybridized carbons (Fsp3) is 0.364. The first-order valence-electron chi connectivity index (χ1n) is 4.79. The zero-order chi connectivity index (χ0) is 11.1. The molecule has 2 N–H and O–H groups in total. The Labute approximate surface area is 95.4 Å². The van der Waals surface area contributed by atoms with Crippen molar-refractivity contribution in [2.75, 3.05) is 0 Å². The molecule has 1 saturated carbocycles. The van der Waals surface area contributed by atoms with E-state index in [2.05, 4.69) is 6.07 Å². The van der Waals surface area contributed by atoms with Crippen LogP contribution in [-0.4, -0.2) is 13.3 Å². The average Bonchev–Trinajstić information content (AvgIpc) is 2.14. The normalized spacial score (nSPS) is 29.3. The van der Waals surface area contributed by atoms with Gasteiger partial charge in [-0.3, -0.25) is 0 Å². The number of nitrogens with two attached hydrogens (primary N) is 1. The second-order valence-corrected chi connectivity index (χ2v) is 4.62. The van der Waals surface area contributed by atoms with E-state index in [0.717, 1.165) is 5.56 Å². The van der Waals surface area contributed by atoms with Crippen molar-refractivity contribution in [3.8, 4) is 6.07 Å². The maximum absolute atomic E-state index is 8.95. The first-order chi connectivity index (χ1) is 7.02. The van der Waals surface area contributed by atoms with Crippen molar-refractivity contribution in [3.63, 3.8) is 0 Å². The van der Waals surface area contributed by atoms with E-state index in [1.54, 1.807) is 12.1 Å². The first kappa shape index (κ1) is 10.5. The Kier molecular flexibility index (Phi) is 2.50. The van der Waals surface area contributed by atoms with Gasteiger partial charge in [0.2, 0.25) is 0 Å². The summed E-state index contributed by atoms with van der Waals surface area (Å²) in [4.78, 5) is 0. The summed E-state index contributed by atoms with van der Waals surface area (Å²) in [5.74, 6) is 0.272. The van der Waals surface area contributed by atoms with Gasteiger partial charge < -0.3 is 5.73 Å². The van der Waals surface area contributed by atoms with Crippen LogP contribution in [0.25, 0.3) is 0 Å². The van der Waals surface area contributed by atoms with Gasteiger partial charge in [0.1, 0.15) is 0 Å². The predicted octanol–water partition coefficient (Wildman–Crippen LogP) is 1.91. The lowest BCUT2D eigenvalue weighted by molar-refractivity contribution is 0.304. The van der Waals surface area contributed by atoms with Crippen LogP contribution in [0.1, 0.15) is 29.9 Å². The van der Waals surface area contributed by atoms with Crippen LogP contribution in [0.4, 0.5) is 0 Å². The van der Waals surface area contributed by atoms with Crippen LogP contribution in [0, 0.1) is 11.3 Å². The van der Waals surface area contributed by atoms with Gasteiger partial charge in [-0.05, 0) is 48.0 Å². The molecule has 0 bridgehead atoms. The zero-order valence-electron chi connectivity index (χ0n) is 8.20. The van der Waals surface area contributed by atoms with Crippen molar-refractivity contribution in [2.24, 2.45) is 5.73 Å². The van der Waals surface area contributed by atoms with Gasteiger partial charge in [0, 0.05) is 5.02 Å². The smallest absolute Gasteiger partial charge is 0.0994 e. The Morgan fingerprint density at radius 3 is 2.73 bits per heavy atom. The molecular formula is C11H10BClN2. The minimum absolute atomic E-state index is 0.272. The highest BCUT2D eigenvalue weighted by Gasteiger charge is 2.37. The summed E-state index contributed by atoms with van der Waals surface area (Å²) in [6, 6.07) is 7.46. The number of benzene rings is 1. The van der Waals surface area contributed by atoms with Gasteiger partial charge in [0.05, 0.1) is 19.5 Å². The fourth-order valence-corrected chi connectivity index (χ4v) is 2.23. The second kappa shape index (κ2) is 3.55. The number of rotatable bonds is 1. The molecule has 2 radical (unpaired) electrons. The average molecular weight is 216 g/mol. The molecule has 0 unspecified atom stereocenters. The van der Waals surface area contributed by atoms with E-state index < -0.39 is 5.44 Å². The Balaban J connectivity index is 2.29. The van der Waals surface area contributed by atoms with E-state index >= 15 is 0 Å². The van der Waals surface area contributed by atoms with Crippen molar-refractivity contribution in [1.82, 2.24) is 0 Å². The Hall–Kier alpha value is -0.975. The maximum atomic E-state index is 8.95. The molecule has 2 rings (SSSR count). The van der Waals surface area contributed by atoms with Crippen molar-refractivity contribution >= 4 is 19.4 Å². The largest absolute Gasteiger partial charge is 0.333 e.